The number of nitrogens with one attached hydrogen (secondary N) is 1. The number of hydrogen-bond acceptors (Lipinski definition) is 1. The molecule has 0 amide bonds. The van der Waals surface area contributed by atoms with Crippen LogP contribution in [0.2, 0.25) is 5.04 Å². The molecule has 0 saturated heterocycles. The maximum Gasteiger partial charge on any atom is 0.204 e. The summed E-state index contributed by atoms with van der Waals surface area (Å²) in [4.78, 5) is 4.22. The van der Waals surface area contributed by atoms with Crippen molar-refractivity contribution >= 4 is 18.6 Å². The molecule has 1 unspecified atom stereocenters. The quantitative estimate of drug-likeness (QED) is 0.725. The minimum atomic E-state index is -2.41. The van der Waals surface area contributed by atoms with Gasteiger partial charge in [-0.3, -0.25) is 0 Å². The second-order valence-corrected chi connectivity index (χ2v) is 13.1. The van der Waals surface area contributed by atoms with Gasteiger partial charge in [-0.2, -0.15) is 0 Å². The van der Waals surface area contributed by atoms with Gasteiger partial charge < -0.3 is 4.98 Å². The summed E-state index contributed by atoms with van der Waals surface area (Å²) in [7, 11) is -2.41. The Labute approximate surface area is 166 Å². The van der Waals surface area contributed by atoms with Crippen LogP contribution in [0.15, 0.2) is 83.5 Å². The molecule has 1 aliphatic rings. The molecule has 1 nitrogen and oxygen atoms in total. The van der Waals surface area contributed by atoms with Crippen molar-refractivity contribution in [3.05, 3.63) is 83.5 Å². The van der Waals surface area contributed by atoms with E-state index in [4.69, 9.17) is 0 Å². The largest absolute Gasteiger partial charge is 0.325 e. The van der Waals surface area contributed by atoms with Crippen LogP contribution in [0.1, 0.15) is 48.5 Å². The van der Waals surface area contributed by atoms with Crippen LogP contribution in [0.25, 0.3) is 0 Å². The van der Waals surface area contributed by atoms with Crippen molar-refractivity contribution in [3.63, 3.8) is 0 Å². The van der Waals surface area contributed by atoms with Crippen LogP contribution in [0, 0.1) is 0 Å². The number of benzene rings is 2. The number of allylic oxidation sites excluding steroid dienone is 4. The Morgan fingerprint density at radius 1 is 0.778 bits per heavy atom. The van der Waals surface area contributed by atoms with Gasteiger partial charge >= 0.3 is 0 Å². The lowest BCUT2D eigenvalue weighted by Gasteiger charge is -2.50. The van der Waals surface area contributed by atoms with E-state index in [0.29, 0.717) is 0 Å². The number of hydrogen-bond donors (Lipinski definition) is 1. The first kappa shape index (κ1) is 19.8. The van der Waals surface area contributed by atoms with Crippen LogP contribution >= 0.6 is 0 Å². The first-order chi connectivity index (χ1) is 12.6. The molecule has 142 valence electrons. The third-order valence-electron chi connectivity index (χ3n) is 6.19. The lowest BCUT2D eigenvalue weighted by molar-refractivity contribution is 0.507. The Kier molecular flexibility index (Phi) is 5.09. The van der Waals surface area contributed by atoms with Gasteiger partial charge in [0.05, 0.1) is 0 Å². The molecule has 3 rings (SSSR count). The van der Waals surface area contributed by atoms with Crippen LogP contribution in [-0.4, -0.2) is 13.8 Å². The zero-order chi connectivity index (χ0) is 19.9. The standard InChI is InChI=1S/C25H33NSi/c1-19-18-25(7,21(3)20(19)2)27(26-24(4,5)6,22-14-10-8-11-15-22)23-16-12-9-13-17-23/h8-18,26H,1-7H3. The van der Waals surface area contributed by atoms with Crippen molar-refractivity contribution < 1.29 is 0 Å². The Morgan fingerprint density at radius 2 is 1.22 bits per heavy atom. The lowest BCUT2D eigenvalue weighted by atomic mass is 10.0. The van der Waals surface area contributed by atoms with Crippen molar-refractivity contribution in [1.82, 2.24) is 4.98 Å². The Hall–Kier alpha value is -1.90. The Bertz CT molecular complexity index is 832. The second-order valence-electron chi connectivity index (χ2n) is 9.14. The molecule has 2 aromatic rings. The molecule has 2 heteroatoms. The fourth-order valence-corrected chi connectivity index (χ4v) is 10.5. The van der Waals surface area contributed by atoms with Crippen LogP contribution in [-0.2, 0) is 0 Å². The highest BCUT2D eigenvalue weighted by Gasteiger charge is 2.56. The normalized spacial score (nSPS) is 20.8. The molecule has 1 aliphatic carbocycles. The monoisotopic (exact) mass is 375 g/mol. The molecule has 1 atom stereocenters. The zero-order valence-corrected chi connectivity index (χ0v) is 18.9. The molecule has 0 aromatic heterocycles. The van der Waals surface area contributed by atoms with Gasteiger partial charge in [0.2, 0.25) is 8.24 Å². The fraction of sp³-hybridized carbons (Fsp3) is 0.360. The van der Waals surface area contributed by atoms with E-state index in [1.165, 1.54) is 27.1 Å². The summed E-state index contributed by atoms with van der Waals surface area (Å²) in [6.45, 7) is 16.2. The maximum absolute atomic E-state index is 4.22. The summed E-state index contributed by atoms with van der Waals surface area (Å²) in [5.41, 5.74) is 4.35. The molecular weight excluding hydrogens is 342 g/mol. The maximum atomic E-state index is 4.22. The molecule has 0 fully saturated rings. The summed E-state index contributed by atoms with van der Waals surface area (Å²) in [5.74, 6) is 0. The van der Waals surface area contributed by atoms with E-state index in [9.17, 15) is 0 Å². The molecule has 0 spiro atoms. The molecular formula is C25H33NSi. The Morgan fingerprint density at radius 3 is 1.56 bits per heavy atom. The van der Waals surface area contributed by atoms with Gasteiger partial charge in [0, 0.05) is 10.6 Å². The van der Waals surface area contributed by atoms with Gasteiger partial charge in [-0.15, -0.1) is 0 Å². The minimum absolute atomic E-state index is 0.000561. The SMILES string of the molecule is CC1=CC(C)([Si](NC(C)(C)C)(c2ccccc2)c2ccccc2)C(C)=C1C. The van der Waals surface area contributed by atoms with Gasteiger partial charge in [-0.1, -0.05) is 84.8 Å². The summed E-state index contributed by atoms with van der Waals surface area (Å²) in [5, 5.41) is 2.84. The number of rotatable bonds is 4. The van der Waals surface area contributed by atoms with Crippen LogP contribution < -0.4 is 15.4 Å². The Balaban J connectivity index is 2.42. The summed E-state index contributed by atoms with van der Waals surface area (Å²) in [6, 6.07) is 22.3. The lowest BCUT2D eigenvalue weighted by Crippen LogP contribution is -2.77. The predicted octanol–water partition coefficient (Wildman–Crippen LogP) is 5.19. The van der Waals surface area contributed by atoms with Gasteiger partial charge in [0.1, 0.15) is 0 Å². The van der Waals surface area contributed by atoms with E-state index in [1.807, 2.05) is 0 Å². The molecule has 2 aromatic carbocycles. The molecule has 0 aliphatic heterocycles. The minimum Gasteiger partial charge on any atom is -0.325 e. The van der Waals surface area contributed by atoms with Gasteiger partial charge in [-0.25, -0.2) is 0 Å². The third-order valence-corrected chi connectivity index (χ3v) is 11.8. The van der Waals surface area contributed by atoms with E-state index in [-0.39, 0.29) is 10.6 Å². The smallest absolute Gasteiger partial charge is 0.204 e. The molecule has 27 heavy (non-hydrogen) atoms. The highest BCUT2D eigenvalue weighted by atomic mass is 28.3. The van der Waals surface area contributed by atoms with Crippen LogP contribution in [0.3, 0.4) is 0 Å². The summed E-state index contributed by atoms with van der Waals surface area (Å²) >= 11 is 0. The van der Waals surface area contributed by atoms with Crippen molar-refractivity contribution in [1.29, 1.82) is 0 Å². The van der Waals surface area contributed by atoms with E-state index in [0.717, 1.165) is 0 Å². The first-order valence-electron chi connectivity index (χ1n) is 9.90. The van der Waals surface area contributed by atoms with Gasteiger partial charge in [-0.05, 0) is 57.5 Å². The van der Waals surface area contributed by atoms with Crippen molar-refractivity contribution in [2.75, 3.05) is 0 Å². The van der Waals surface area contributed by atoms with E-state index in [2.05, 4.69) is 120 Å². The predicted molar refractivity (Wildman–Crippen MR) is 121 cm³/mol. The van der Waals surface area contributed by atoms with Crippen molar-refractivity contribution in [2.24, 2.45) is 0 Å². The third kappa shape index (κ3) is 3.26. The molecule has 1 N–H and O–H groups in total. The molecule has 0 bridgehead atoms. The van der Waals surface area contributed by atoms with E-state index >= 15 is 0 Å². The first-order valence-corrected chi connectivity index (χ1v) is 11.9. The topological polar surface area (TPSA) is 12.0 Å². The van der Waals surface area contributed by atoms with E-state index < -0.39 is 8.24 Å². The highest BCUT2D eigenvalue weighted by Crippen LogP contribution is 2.52. The van der Waals surface area contributed by atoms with Crippen LogP contribution in [0.5, 0.6) is 0 Å². The van der Waals surface area contributed by atoms with Crippen molar-refractivity contribution in [3.8, 4) is 0 Å². The zero-order valence-electron chi connectivity index (χ0n) is 17.9. The van der Waals surface area contributed by atoms with Crippen molar-refractivity contribution in [2.45, 2.75) is 59.0 Å². The fourth-order valence-electron chi connectivity index (χ4n) is 4.70. The molecule has 0 radical (unpaired) electrons. The second kappa shape index (κ2) is 6.92. The highest BCUT2D eigenvalue weighted by molar-refractivity contribution is 7.03. The molecule has 0 heterocycles. The average molecular weight is 376 g/mol. The van der Waals surface area contributed by atoms with Gasteiger partial charge in [0.25, 0.3) is 0 Å². The van der Waals surface area contributed by atoms with Crippen LogP contribution in [0.4, 0.5) is 0 Å². The summed E-state index contributed by atoms with van der Waals surface area (Å²) < 4.78 is 0. The van der Waals surface area contributed by atoms with Gasteiger partial charge in [0.15, 0.2) is 0 Å². The van der Waals surface area contributed by atoms with E-state index in [1.54, 1.807) is 0 Å². The summed E-state index contributed by atoms with van der Waals surface area (Å²) in [6.07, 6.45) is 2.53. The average Bonchev–Trinajstić information content (AvgIpc) is 2.84. The molecule has 0 saturated carbocycles.